The lowest BCUT2D eigenvalue weighted by Gasteiger charge is -2.39. The highest BCUT2D eigenvalue weighted by Crippen LogP contribution is 2.39. The average Bonchev–Trinajstić information content (AvgIpc) is 3.16. The molecule has 4 heteroatoms. The highest BCUT2D eigenvalue weighted by atomic mass is 16.5. The number of hydrogen-bond acceptors (Lipinski definition) is 4. The Kier molecular flexibility index (Phi) is 7.07. The Balaban J connectivity index is 2.08. The maximum Gasteiger partial charge on any atom is 0.308 e. The molecule has 0 bridgehead atoms. The number of nitrogens with one attached hydrogen (secondary N) is 1. The Morgan fingerprint density at radius 2 is 2.04 bits per heavy atom. The largest absolute Gasteiger partial charge is 0.460 e. The van der Waals surface area contributed by atoms with Crippen molar-refractivity contribution < 1.29 is 14.3 Å². The number of Topliss-reactive ketones (excluding diaryl/α,β-unsaturated/α-hetero) is 1. The minimum Gasteiger partial charge on any atom is -0.460 e. The fraction of sp³-hybridized carbons (Fsp3) is 0.905. The molecule has 0 aromatic heterocycles. The lowest BCUT2D eigenvalue weighted by Crippen LogP contribution is -2.55. The minimum absolute atomic E-state index is 0.101. The van der Waals surface area contributed by atoms with Gasteiger partial charge in [0.05, 0.1) is 11.5 Å². The lowest BCUT2D eigenvalue weighted by atomic mass is 9.82. The van der Waals surface area contributed by atoms with Gasteiger partial charge in [-0.2, -0.15) is 0 Å². The zero-order chi connectivity index (χ0) is 18.6. The lowest BCUT2D eigenvalue weighted by molar-refractivity contribution is -0.160. The monoisotopic (exact) mass is 351 g/mol. The van der Waals surface area contributed by atoms with Gasteiger partial charge in [-0.25, -0.2) is 0 Å². The Hall–Kier alpha value is -0.900. The van der Waals surface area contributed by atoms with Gasteiger partial charge in [0.25, 0.3) is 0 Å². The van der Waals surface area contributed by atoms with Crippen molar-refractivity contribution in [1.82, 2.24) is 5.32 Å². The first-order valence-electron chi connectivity index (χ1n) is 10.3. The summed E-state index contributed by atoms with van der Waals surface area (Å²) in [6.07, 6.45) is 7.84. The molecule has 1 saturated heterocycles. The van der Waals surface area contributed by atoms with E-state index in [1.54, 1.807) is 0 Å². The van der Waals surface area contributed by atoms with Crippen molar-refractivity contribution in [3.63, 3.8) is 0 Å². The number of hydrogen-bond donors (Lipinski definition) is 1. The quantitative estimate of drug-likeness (QED) is 0.664. The standard InChI is InChI=1S/C21H37NO3/c1-6-7-8-15(4)19(25-20(24)14(2)3)21(5)12-11-18(22-21)16-9-10-17(23)13-16/h14-16,18-19,22H,6-13H2,1-5H3. The summed E-state index contributed by atoms with van der Waals surface area (Å²) < 4.78 is 6.02. The van der Waals surface area contributed by atoms with E-state index >= 15 is 0 Å². The zero-order valence-corrected chi connectivity index (χ0v) is 16.8. The number of esters is 1. The first-order valence-corrected chi connectivity index (χ1v) is 10.3. The summed E-state index contributed by atoms with van der Waals surface area (Å²) in [7, 11) is 0. The summed E-state index contributed by atoms with van der Waals surface area (Å²) in [5.41, 5.74) is -0.186. The van der Waals surface area contributed by atoms with Crippen molar-refractivity contribution in [2.24, 2.45) is 17.8 Å². The van der Waals surface area contributed by atoms with Crippen molar-refractivity contribution in [2.75, 3.05) is 0 Å². The first kappa shape index (κ1) is 20.4. The fourth-order valence-corrected chi connectivity index (χ4v) is 4.60. The van der Waals surface area contributed by atoms with Crippen LogP contribution in [0.5, 0.6) is 0 Å². The van der Waals surface area contributed by atoms with Crippen LogP contribution in [-0.4, -0.2) is 29.4 Å². The van der Waals surface area contributed by atoms with Crippen LogP contribution in [0, 0.1) is 17.8 Å². The molecule has 0 aromatic rings. The second-order valence-corrected chi connectivity index (χ2v) is 8.88. The summed E-state index contributed by atoms with van der Waals surface area (Å²) in [6, 6.07) is 0.384. The van der Waals surface area contributed by atoms with E-state index in [4.69, 9.17) is 4.74 Å². The third kappa shape index (κ3) is 5.06. The van der Waals surface area contributed by atoms with Crippen LogP contribution >= 0.6 is 0 Å². The Morgan fingerprint density at radius 3 is 2.60 bits per heavy atom. The van der Waals surface area contributed by atoms with Crippen LogP contribution in [0.2, 0.25) is 0 Å². The predicted molar refractivity (Wildman–Crippen MR) is 100 cm³/mol. The molecular formula is C21H37NO3. The molecule has 5 atom stereocenters. The van der Waals surface area contributed by atoms with Crippen molar-refractivity contribution >= 4 is 11.8 Å². The second-order valence-electron chi connectivity index (χ2n) is 8.88. The summed E-state index contributed by atoms with van der Waals surface area (Å²) in [5.74, 6) is 0.996. The minimum atomic E-state index is -0.186. The predicted octanol–water partition coefficient (Wildman–Crippen LogP) is 4.26. The van der Waals surface area contributed by atoms with Gasteiger partial charge >= 0.3 is 5.97 Å². The molecule has 1 aliphatic heterocycles. The third-order valence-corrected chi connectivity index (χ3v) is 6.22. The van der Waals surface area contributed by atoms with Crippen LogP contribution in [0.15, 0.2) is 0 Å². The van der Waals surface area contributed by atoms with Crippen molar-refractivity contribution in [2.45, 2.75) is 104 Å². The molecule has 1 aliphatic carbocycles. The van der Waals surface area contributed by atoms with Crippen molar-refractivity contribution in [3.05, 3.63) is 0 Å². The fourth-order valence-electron chi connectivity index (χ4n) is 4.60. The van der Waals surface area contributed by atoms with E-state index in [0.717, 1.165) is 51.4 Å². The van der Waals surface area contributed by atoms with Gasteiger partial charge in [0.1, 0.15) is 11.9 Å². The zero-order valence-electron chi connectivity index (χ0n) is 16.8. The van der Waals surface area contributed by atoms with Gasteiger partial charge in [-0.3, -0.25) is 9.59 Å². The van der Waals surface area contributed by atoms with Crippen LogP contribution in [0.4, 0.5) is 0 Å². The molecule has 25 heavy (non-hydrogen) atoms. The molecule has 2 aliphatic rings. The van der Waals surface area contributed by atoms with Gasteiger partial charge in [-0.05, 0) is 44.4 Å². The van der Waals surface area contributed by atoms with Crippen molar-refractivity contribution in [3.8, 4) is 0 Å². The summed E-state index contributed by atoms with van der Waals surface area (Å²) in [4.78, 5) is 24.0. The smallest absolute Gasteiger partial charge is 0.308 e. The van der Waals surface area contributed by atoms with Crippen LogP contribution in [0.1, 0.15) is 86.0 Å². The molecule has 0 aromatic carbocycles. The van der Waals surface area contributed by atoms with E-state index in [1.165, 1.54) is 0 Å². The molecule has 1 heterocycles. The average molecular weight is 352 g/mol. The van der Waals surface area contributed by atoms with E-state index in [9.17, 15) is 9.59 Å². The molecule has 1 saturated carbocycles. The van der Waals surface area contributed by atoms with Crippen LogP contribution in [0.25, 0.3) is 0 Å². The molecule has 2 rings (SSSR count). The van der Waals surface area contributed by atoms with Crippen molar-refractivity contribution in [1.29, 1.82) is 0 Å². The van der Waals surface area contributed by atoms with E-state index < -0.39 is 0 Å². The number of rotatable bonds is 8. The van der Waals surface area contributed by atoms with Gasteiger partial charge in [0.15, 0.2) is 0 Å². The van der Waals surface area contributed by atoms with Gasteiger partial charge in [0, 0.05) is 18.9 Å². The normalized spacial score (nSPS) is 32.2. The maximum atomic E-state index is 12.3. The van der Waals surface area contributed by atoms with Gasteiger partial charge in [-0.1, -0.05) is 40.5 Å². The van der Waals surface area contributed by atoms with E-state index in [-0.39, 0.29) is 23.5 Å². The van der Waals surface area contributed by atoms with E-state index in [2.05, 4.69) is 26.1 Å². The van der Waals surface area contributed by atoms with E-state index in [0.29, 0.717) is 23.7 Å². The number of carbonyl (C=O) groups excluding carboxylic acids is 2. The molecule has 1 N–H and O–H groups in total. The Morgan fingerprint density at radius 1 is 1.32 bits per heavy atom. The number of carbonyl (C=O) groups is 2. The summed E-state index contributed by atoms with van der Waals surface area (Å²) in [5, 5.41) is 3.80. The topological polar surface area (TPSA) is 55.4 Å². The highest BCUT2D eigenvalue weighted by Gasteiger charge is 2.47. The molecule has 0 radical (unpaired) electrons. The summed E-state index contributed by atoms with van der Waals surface area (Å²) >= 11 is 0. The van der Waals surface area contributed by atoms with Crippen LogP contribution < -0.4 is 5.32 Å². The number of ketones is 1. The molecule has 0 amide bonds. The molecule has 2 fully saturated rings. The van der Waals surface area contributed by atoms with Crippen LogP contribution in [0.3, 0.4) is 0 Å². The maximum absolute atomic E-state index is 12.3. The molecule has 144 valence electrons. The second kappa shape index (κ2) is 8.66. The molecular weight excluding hydrogens is 314 g/mol. The Labute approximate surface area is 153 Å². The van der Waals surface area contributed by atoms with Gasteiger partial charge in [0.2, 0.25) is 0 Å². The number of ether oxygens (including phenoxy) is 1. The van der Waals surface area contributed by atoms with Gasteiger partial charge in [-0.15, -0.1) is 0 Å². The third-order valence-electron chi connectivity index (χ3n) is 6.22. The summed E-state index contributed by atoms with van der Waals surface area (Å²) in [6.45, 7) is 10.4. The van der Waals surface area contributed by atoms with E-state index in [1.807, 2.05) is 13.8 Å². The Bertz CT molecular complexity index is 476. The molecule has 5 unspecified atom stereocenters. The first-order chi connectivity index (χ1) is 11.8. The molecule has 0 spiro atoms. The van der Waals surface area contributed by atoms with Gasteiger partial charge < -0.3 is 10.1 Å². The number of unbranched alkanes of at least 4 members (excludes halogenated alkanes) is 1. The highest BCUT2D eigenvalue weighted by molar-refractivity contribution is 5.80. The van der Waals surface area contributed by atoms with Crippen LogP contribution in [-0.2, 0) is 14.3 Å². The SMILES string of the molecule is CCCCC(C)C(OC(=O)C(C)C)C1(C)CCC(C2CCC(=O)C2)N1. The molecule has 4 nitrogen and oxygen atoms in total.